The molecule has 1 N–H and O–H groups in total. The van der Waals surface area contributed by atoms with E-state index in [1.165, 1.54) is 6.42 Å². The van der Waals surface area contributed by atoms with Crippen molar-refractivity contribution in [2.45, 2.75) is 47.0 Å². The monoisotopic (exact) mass is 456 g/mol. The van der Waals surface area contributed by atoms with Crippen molar-refractivity contribution in [3.63, 3.8) is 0 Å². The van der Waals surface area contributed by atoms with Crippen LogP contribution in [0.15, 0.2) is 45.6 Å². The van der Waals surface area contributed by atoms with Crippen molar-refractivity contribution >= 4 is 21.9 Å². The number of hydrogen-bond acceptors (Lipinski definition) is 6. The third-order valence-corrected chi connectivity index (χ3v) is 5.12. The fourth-order valence-corrected chi connectivity index (χ4v) is 3.24. The van der Waals surface area contributed by atoms with Crippen LogP contribution in [0.4, 0.5) is 0 Å². The predicted molar refractivity (Wildman–Crippen MR) is 138 cm³/mol. The molecule has 6 nitrogen and oxygen atoms in total. The first-order chi connectivity index (χ1) is 16.0. The molecule has 0 spiro atoms. The van der Waals surface area contributed by atoms with Gasteiger partial charge in [-0.3, -0.25) is 4.79 Å². The van der Waals surface area contributed by atoms with Crippen molar-refractivity contribution in [2.24, 2.45) is 0 Å². The second kappa shape index (κ2) is 14.6. The van der Waals surface area contributed by atoms with Gasteiger partial charge in [-0.2, -0.15) is 0 Å². The molecule has 3 aromatic rings. The topological polar surface area (TPSA) is 63.9 Å². The lowest BCUT2D eigenvalue weighted by atomic mass is 10.1. The fourth-order valence-electron chi connectivity index (χ4n) is 3.24. The average Bonchev–Trinajstić information content (AvgIpc) is 2.82. The minimum Gasteiger partial charge on any atom is -0.493 e. The number of benzene rings is 2. The Balaban J connectivity index is 0.00000122. The Morgan fingerprint density at radius 2 is 1.42 bits per heavy atom. The summed E-state index contributed by atoms with van der Waals surface area (Å²) in [6.45, 7) is 13.6. The van der Waals surface area contributed by atoms with Gasteiger partial charge in [-0.25, -0.2) is 0 Å². The number of rotatable bonds is 12. The maximum atomic E-state index is 12.9. The molecular formula is C27H40N2O4. The van der Waals surface area contributed by atoms with Crippen LogP contribution < -0.4 is 20.2 Å². The second-order valence-electron chi connectivity index (χ2n) is 8.11. The van der Waals surface area contributed by atoms with Crippen molar-refractivity contribution in [1.82, 2.24) is 10.2 Å². The maximum absolute atomic E-state index is 12.9. The molecule has 0 radical (unpaired) electrons. The predicted octanol–water partition coefficient (Wildman–Crippen LogP) is 5.46. The van der Waals surface area contributed by atoms with Crippen molar-refractivity contribution in [1.29, 1.82) is 0 Å². The number of ether oxygens (including phenoxy) is 2. The summed E-state index contributed by atoms with van der Waals surface area (Å²) in [6, 6.07) is 10.8. The normalized spacial score (nSPS) is 11.0. The van der Waals surface area contributed by atoms with Crippen LogP contribution in [0.5, 0.6) is 11.5 Å². The zero-order valence-corrected chi connectivity index (χ0v) is 20.9. The van der Waals surface area contributed by atoms with E-state index in [0.29, 0.717) is 46.7 Å². The van der Waals surface area contributed by atoms with Gasteiger partial charge in [0.25, 0.3) is 0 Å². The van der Waals surface area contributed by atoms with Gasteiger partial charge in [-0.1, -0.05) is 34.1 Å². The smallest absolute Gasteiger partial charge is 0.200 e. The molecule has 0 saturated carbocycles. The van der Waals surface area contributed by atoms with Crippen LogP contribution in [0.2, 0.25) is 0 Å². The van der Waals surface area contributed by atoms with Crippen LogP contribution in [0.25, 0.3) is 21.9 Å². The SMILES string of the molecule is CCC.CCNCCCOc1ccc2c(=O)c3ccc(OCCCN(C)CC)cc3oc2c1. The highest BCUT2D eigenvalue weighted by Crippen LogP contribution is 2.25. The molecule has 6 heteroatoms. The molecule has 33 heavy (non-hydrogen) atoms. The van der Waals surface area contributed by atoms with Crippen molar-refractivity contribution in [2.75, 3.05) is 46.4 Å². The van der Waals surface area contributed by atoms with Gasteiger partial charge in [0, 0.05) is 18.7 Å². The van der Waals surface area contributed by atoms with Crippen LogP contribution in [-0.2, 0) is 0 Å². The minimum absolute atomic E-state index is 0.0407. The molecule has 0 bridgehead atoms. The van der Waals surface area contributed by atoms with Crippen LogP contribution in [0.1, 0.15) is 47.0 Å². The minimum atomic E-state index is -0.0407. The number of nitrogens with one attached hydrogen (secondary N) is 1. The van der Waals surface area contributed by atoms with Crippen molar-refractivity contribution in [3.8, 4) is 11.5 Å². The molecule has 2 aromatic carbocycles. The van der Waals surface area contributed by atoms with Crippen molar-refractivity contribution in [3.05, 3.63) is 46.6 Å². The highest BCUT2D eigenvalue weighted by molar-refractivity contribution is 5.90. The Morgan fingerprint density at radius 1 is 0.879 bits per heavy atom. The molecule has 0 atom stereocenters. The lowest BCUT2D eigenvalue weighted by Crippen LogP contribution is -2.20. The third-order valence-electron chi connectivity index (χ3n) is 5.12. The Kier molecular flexibility index (Phi) is 11.8. The molecule has 3 rings (SSSR count). The van der Waals surface area contributed by atoms with E-state index < -0.39 is 0 Å². The first-order valence-corrected chi connectivity index (χ1v) is 12.2. The summed E-state index contributed by atoms with van der Waals surface area (Å²) in [5, 5.41) is 4.38. The van der Waals surface area contributed by atoms with Gasteiger partial charge in [-0.05, 0) is 63.8 Å². The molecule has 0 aliphatic rings. The molecular weight excluding hydrogens is 416 g/mol. The Morgan fingerprint density at radius 3 is 1.94 bits per heavy atom. The highest BCUT2D eigenvalue weighted by atomic mass is 16.5. The molecule has 0 aliphatic carbocycles. The summed E-state index contributed by atoms with van der Waals surface area (Å²) >= 11 is 0. The number of fused-ring (bicyclic) bond motifs is 2. The van der Waals surface area contributed by atoms with Gasteiger partial charge in [-0.15, -0.1) is 0 Å². The first kappa shape index (κ1) is 26.7. The zero-order valence-electron chi connectivity index (χ0n) is 20.9. The Hall–Kier alpha value is -2.57. The van der Waals surface area contributed by atoms with Gasteiger partial charge in [0.2, 0.25) is 5.43 Å². The van der Waals surface area contributed by atoms with E-state index in [0.717, 1.165) is 39.0 Å². The molecule has 1 heterocycles. The zero-order chi connectivity index (χ0) is 24.1. The van der Waals surface area contributed by atoms with Gasteiger partial charge in [0.1, 0.15) is 22.7 Å². The van der Waals surface area contributed by atoms with Crippen LogP contribution in [-0.4, -0.2) is 51.3 Å². The lowest BCUT2D eigenvalue weighted by Gasteiger charge is -2.13. The Bertz CT molecular complexity index is 1030. The molecule has 0 aliphatic heterocycles. The summed E-state index contributed by atoms with van der Waals surface area (Å²) in [6.07, 6.45) is 3.11. The summed E-state index contributed by atoms with van der Waals surface area (Å²) in [5.74, 6) is 1.41. The Labute approximate surface area is 197 Å². The molecule has 0 saturated heterocycles. The molecule has 1 aromatic heterocycles. The van der Waals surface area contributed by atoms with Crippen molar-refractivity contribution < 1.29 is 13.9 Å². The van der Waals surface area contributed by atoms with Crippen LogP contribution in [0.3, 0.4) is 0 Å². The highest BCUT2D eigenvalue weighted by Gasteiger charge is 2.10. The summed E-state index contributed by atoms with van der Waals surface area (Å²) in [7, 11) is 2.09. The number of nitrogens with zero attached hydrogens (tertiary/aromatic N) is 1. The quantitative estimate of drug-likeness (QED) is 0.288. The molecule has 182 valence electrons. The van der Waals surface area contributed by atoms with Gasteiger partial charge >= 0.3 is 0 Å². The molecule has 0 unspecified atom stereocenters. The van der Waals surface area contributed by atoms with E-state index in [2.05, 4.69) is 45.0 Å². The molecule has 0 fully saturated rings. The molecule has 0 amide bonds. The largest absolute Gasteiger partial charge is 0.493 e. The van der Waals surface area contributed by atoms with Gasteiger partial charge in [0.15, 0.2) is 0 Å². The maximum Gasteiger partial charge on any atom is 0.200 e. The first-order valence-electron chi connectivity index (χ1n) is 12.2. The van der Waals surface area contributed by atoms with Gasteiger partial charge < -0.3 is 24.1 Å². The van der Waals surface area contributed by atoms with E-state index in [4.69, 9.17) is 13.9 Å². The van der Waals surface area contributed by atoms with Crippen LogP contribution in [0, 0.1) is 0 Å². The van der Waals surface area contributed by atoms with E-state index in [9.17, 15) is 4.79 Å². The summed E-state index contributed by atoms with van der Waals surface area (Å²) in [4.78, 5) is 15.1. The number of hydrogen-bond donors (Lipinski definition) is 1. The average molecular weight is 457 g/mol. The van der Waals surface area contributed by atoms with Gasteiger partial charge in [0.05, 0.1) is 24.0 Å². The van der Waals surface area contributed by atoms with E-state index in [1.807, 2.05) is 12.1 Å². The summed E-state index contributed by atoms with van der Waals surface area (Å²) < 4.78 is 17.7. The third kappa shape index (κ3) is 8.37. The van der Waals surface area contributed by atoms with E-state index in [-0.39, 0.29) is 5.43 Å². The summed E-state index contributed by atoms with van der Waals surface area (Å²) in [5.41, 5.74) is 1.01. The fraction of sp³-hybridized carbons (Fsp3) is 0.519. The van der Waals surface area contributed by atoms with E-state index >= 15 is 0 Å². The van der Waals surface area contributed by atoms with E-state index in [1.54, 1.807) is 24.3 Å². The standard InChI is InChI=1S/C24H32N2O4.C3H8/c1-4-25-12-6-14-28-18-8-10-20-22(16-18)30-23-17-19(9-11-21(23)24(20)27)29-15-7-13-26(3)5-2;1-3-2/h8-11,16-17,25H,4-7,12-15H2,1-3H3;3H2,1-2H3. The second-order valence-corrected chi connectivity index (χ2v) is 8.11. The van der Waals surface area contributed by atoms with Crippen LogP contribution >= 0.6 is 0 Å². The lowest BCUT2D eigenvalue weighted by molar-refractivity contribution is 0.268.